The molecule has 3 aromatic rings. The molecule has 0 spiro atoms. The van der Waals surface area contributed by atoms with Crippen LogP contribution in [-0.2, 0) is 16.6 Å². The molecular formula is C26H29ClN2O3S. The molecule has 0 aliphatic carbocycles. The Morgan fingerprint density at radius 1 is 0.939 bits per heavy atom. The fourth-order valence-corrected chi connectivity index (χ4v) is 4.71. The standard InChI is InChI=1S/C26H29ClN2O3S/c1-19(2)17-25(20-9-5-4-6-10-20)28-26(30)21-13-15-23(16-14-21)29(33(3,31)32)18-22-11-7-8-12-24(22)27/h4-16,19,25H,17-18H2,1-3H3,(H,28,30)/t25-/m1/s1. The summed E-state index contributed by atoms with van der Waals surface area (Å²) in [5.41, 5.74) is 2.69. The average Bonchev–Trinajstić information content (AvgIpc) is 2.77. The highest BCUT2D eigenvalue weighted by Gasteiger charge is 2.21. The molecule has 5 nitrogen and oxygen atoms in total. The van der Waals surface area contributed by atoms with Crippen LogP contribution < -0.4 is 9.62 Å². The van der Waals surface area contributed by atoms with Crippen molar-refractivity contribution in [3.63, 3.8) is 0 Å². The molecule has 1 atom stereocenters. The highest BCUT2D eigenvalue weighted by molar-refractivity contribution is 7.92. The zero-order valence-corrected chi connectivity index (χ0v) is 20.6. The Kier molecular flexibility index (Phi) is 8.16. The number of hydrogen-bond donors (Lipinski definition) is 1. The van der Waals surface area contributed by atoms with Crippen LogP contribution in [0, 0.1) is 5.92 Å². The number of carbonyl (C=O) groups excluding carboxylic acids is 1. The van der Waals surface area contributed by atoms with Crippen LogP contribution >= 0.6 is 11.6 Å². The van der Waals surface area contributed by atoms with Crippen LogP contribution in [0.2, 0.25) is 5.02 Å². The van der Waals surface area contributed by atoms with Crippen molar-refractivity contribution in [2.75, 3.05) is 10.6 Å². The Morgan fingerprint density at radius 2 is 1.55 bits per heavy atom. The van der Waals surface area contributed by atoms with Crippen LogP contribution in [0.15, 0.2) is 78.9 Å². The molecule has 1 amide bonds. The van der Waals surface area contributed by atoms with E-state index in [9.17, 15) is 13.2 Å². The van der Waals surface area contributed by atoms with E-state index in [4.69, 9.17) is 11.6 Å². The fourth-order valence-electron chi connectivity index (χ4n) is 3.64. The van der Waals surface area contributed by atoms with Crippen molar-refractivity contribution in [3.8, 4) is 0 Å². The first kappa shape index (κ1) is 24.8. The highest BCUT2D eigenvalue weighted by atomic mass is 35.5. The van der Waals surface area contributed by atoms with E-state index in [1.807, 2.05) is 36.4 Å². The van der Waals surface area contributed by atoms with Crippen molar-refractivity contribution >= 4 is 33.2 Å². The van der Waals surface area contributed by atoms with E-state index in [1.54, 1.807) is 42.5 Å². The van der Waals surface area contributed by atoms with Gasteiger partial charge in [0.2, 0.25) is 10.0 Å². The summed E-state index contributed by atoms with van der Waals surface area (Å²) >= 11 is 6.23. The minimum atomic E-state index is -3.56. The van der Waals surface area contributed by atoms with E-state index in [0.717, 1.165) is 18.2 Å². The number of nitrogens with zero attached hydrogens (tertiary/aromatic N) is 1. The Morgan fingerprint density at radius 3 is 2.12 bits per heavy atom. The van der Waals surface area contributed by atoms with Crippen LogP contribution in [0.3, 0.4) is 0 Å². The van der Waals surface area contributed by atoms with Gasteiger partial charge < -0.3 is 5.32 Å². The van der Waals surface area contributed by atoms with Crippen LogP contribution in [-0.4, -0.2) is 20.6 Å². The van der Waals surface area contributed by atoms with Gasteiger partial charge in [-0.25, -0.2) is 8.42 Å². The van der Waals surface area contributed by atoms with Crippen molar-refractivity contribution in [1.29, 1.82) is 0 Å². The number of rotatable bonds is 9. The van der Waals surface area contributed by atoms with Gasteiger partial charge in [-0.2, -0.15) is 0 Å². The number of nitrogens with one attached hydrogen (secondary N) is 1. The number of hydrogen-bond acceptors (Lipinski definition) is 3. The van der Waals surface area contributed by atoms with Crippen molar-refractivity contribution in [2.45, 2.75) is 32.9 Å². The minimum absolute atomic E-state index is 0.105. The molecule has 3 rings (SSSR count). The summed E-state index contributed by atoms with van der Waals surface area (Å²) in [6, 6.07) is 23.5. The lowest BCUT2D eigenvalue weighted by molar-refractivity contribution is 0.0932. The third-order valence-electron chi connectivity index (χ3n) is 5.30. The largest absolute Gasteiger partial charge is 0.345 e. The van der Waals surface area contributed by atoms with Gasteiger partial charge in [0, 0.05) is 10.6 Å². The number of carbonyl (C=O) groups is 1. The van der Waals surface area contributed by atoms with Crippen LogP contribution in [0.25, 0.3) is 0 Å². The summed E-state index contributed by atoms with van der Waals surface area (Å²) in [4.78, 5) is 13.0. The zero-order chi connectivity index (χ0) is 24.0. The SMILES string of the molecule is CC(C)C[C@@H](NC(=O)c1ccc(N(Cc2ccccc2Cl)S(C)(=O)=O)cc1)c1ccccc1. The normalized spacial score (nSPS) is 12.4. The second-order valence-electron chi connectivity index (χ2n) is 8.47. The van der Waals surface area contributed by atoms with Gasteiger partial charge >= 0.3 is 0 Å². The first-order valence-electron chi connectivity index (χ1n) is 10.8. The van der Waals surface area contributed by atoms with Gasteiger partial charge in [-0.3, -0.25) is 9.10 Å². The monoisotopic (exact) mass is 484 g/mol. The van der Waals surface area contributed by atoms with Crippen molar-refractivity contribution in [2.24, 2.45) is 5.92 Å². The Labute approximate surface area is 201 Å². The van der Waals surface area contributed by atoms with Crippen molar-refractivity contribution < 1.29 is 13.2 Å². The van der Waals surface area contributed by atoms with E-state index in [0.29, 0.717) is 27.8 Å². The van der Waals surface area contributed by atoms with Crippen molar-refractivity contribution in [1.82, 2.24) is 5.32 Å². The van der Waals surface area contributed by atoms with Crippen molar-refractivity contribution in [3.05, 3.63) is 101 Å². The molecule has 0 aliphatic rings. The van der Waals surface area contributed by atoms with Gasteiger partial charge in [-0.1, -0.05) is 74.0 Å². The second-order valence-corrected chi connectivity index (χ2v) is 10.8. The van der Waals surface area contributed by atoms with E-state index >= 15 is 0 Å². The van der Waals surface area contributed by atoms with Gasteiger partial charge in [-0.15, -0.1) is 0 Å². The third-order valence-corrected chi connectivity index (χ3v) is 6.81. The molecule has 0 bridgehead atoms. The molecule has 0 heterocycles. The molecule has 33 heavy (non-hydrogen) atoms. The van der Waals surface area contributed by atoms with E-state index < -0.39 is 10.0 Å². The molecule has 7 heteroatoms. The minimum Gasteiger partial charge on any atom is -0.345 e. The topological polar surface area (TPSA) is 66.5 Å². The summed E-state index contributed by atoms with van der Waals surface area (Å²) in [7, 11) is -3.56. The van der Waals surface area contributed by atoms with E-state index in [1.165, 1.54) is 4.31 Å². The highest BCUT2D eigenvalue weighted by Crippen LogP contribution is 2.25. The Balaban J connectivity index is 1.81. The maximum Gasteiger partial charge on any atom is 0.251 e. The third kappa shape index (κ3) is 6.83. The lowest BCUT2D eigenvalue weighted by atomic mass is 9.96. The molecule has 0 aromatic heterocycles. The first-order chi connectivity index (χ1) is 15.6. The van der Waals surface area contributed by atoms with Gasteiger partial charge in [0.05, 0.1) is 24.5 Å². The molecule has 0 fully saturated rings. The lowest BCUT2D eigenvalue weighted by Gasteiger charge is -2.24. The molecule has 0 saturated heterocycles. The lowest BCUT2D eigenvalue weighted by Crippen LogP contribution is -2.30. The first-order valence-corrected chi connectivity index (χ1v) is 13.0. The average molecular weight is 485 g/mol. The summed E-state index contributed by atoms with van der Waals surface area (Å²) in [5.74, 6) is 0.207. The summed E-state index contributed by atoms with van der Waals surface area (Å²) in [5, 5.41) is 3.62. The Bertz CT molecular complexity index is 1180. The van der Waals surface area contributed by atoms with Crippen LogP contribution in [0.1, 0.15) is 47.8 Å². The maximum absolute atomic E-state index is 13.0. The number of amides is 1. The summed E-state index contributed by atoms with van der Waals surface area (Å²) in [6.07, 6.45) is 1.97. The van der Waals surface area contributed by atoms with Crippen LogP contribution in [0.5, 0.6) is 0 Å². The number of benzene rings is 3. The number of anilines is 1. The second kappa shape index (κ2) is 10.9. The zero-order valence-electron chi connectivity index (χ0n) is 19.0. The Hall–Kier alpha value is -2.83. The van der Waals surface area contributed by atoms with Gasteiger partial charge in [0.25, 0.3) is 5.91 Å². The molecule has 0 saturated carbocycles. The number of halogens is 1. The summed E-state index contributed by atoms with van der Waals surface area (Å²) in [6.45, 7) is 4.35. The van der Waals surface area contributed by atoms with Gasteiger partial charge in [0.1, 0.15) is 0 Å². The van der Waals surface area contributed by atoms with Gasteiger partial charge in [-0.05, 0) is 53.8 Å². The molecule has 1 N–H and O–H groups in total. The van der Waals surface area contributed by atoms with Crippen LogP contribution in [0.4, 0.5) is 5.69 Å². The van der Waals surface area contributed by atoms with Gasteiger partial charge in [0.15, 0.2) is 0 Å². The fraction of sp³-hybridized carbons (Fsp3) is 0.269. The molecular weight excluding hydrogens is 456 g/mol. The maximum atomic E-state index is 13.0. The van der Waals surface area contributed by atoms with E-state index in [-0.39, 0.29) is 18.5 Å². The predicted octanol–water partition coefficient (Wildman–Crippen LogP) is 5.82. The molecule has 0 aliphatic heterocycles. The molecule has 3 aromatic carbocycles. The predicted molar refractivity (Wildman–Crippen MR) is 135 cm³/mol. The number of sulfonamides is 1. The molecule has 174 valence electrons. The molecule has 0 unspecified atom stereocenters. The summed E-state index contributed by atoms with van der Waals surface area (Å²) < 4.78 is 26.2. The van der Waals surface area contributed by atoms with E-state index in [2.05, 4.69) is 19.2 Å². The smallest absolute Gasteiger partial charge is 0.251 e. The quantitative estimate of drug-likeness (QED) is 0.416. The molecule has 0 radical (unpaired) electrons.